The van der Waals surface area contributed by atoms with Crippen LogP contribution in [0.4, 0.5) is 5.69 Å². The van der Waals surface area contributed by atoms with Crippen LogP contribution in [0.25, 0.3) is 0 Å². The highest BCUT2D eigenvalue weighted by Gasteiger charge is 2.30. The summed E-state index contributed by atoms with van der Waals surface area (Å²) in [5.41, 5.74) is 2.07. The summed E-state index contributed by atoms with van der Waals surface area (Å²) in [7, 11) is 0. The number of para-hydroxylation sites is 1. The molecule has 21 heavy (non-hydrogen) atoms. The van der Waals surface area contributed by atoms with Crippen molar-refractivity contribution in [3.63, 3.8) is 0 Å². The molecule has 1 saturated heterocycles. The van der Waals surface area contributed by atoms with Crippen molar-refractivity contribution in [3.05, 3.63) is 29.8 Å². The van der Waals surface area contributed by atoms with Crippen LogP contribution in [0.1, 0.15) is 18.4 Å². The highest BCUT2D eigenvalue weighted by Crippen LogP contribution is 2.26. The van der Waals surface area contributed by atoms with Gasteiger partial charge in [0.25, 0.3) is 0 Å². The predicted octanol–water partition coefficient (Wildman–Crippen LogP) is 0.788. The number of anilines is 1. The molecular weight excluding hydrogens is 266 g/mol. The van der Waals surface area contributed by atoms with Crippen molar-refractivity contribution in [1.82, 2.24) is 10.2 Å². The average molecular weight is 287 g/mol. The average Bonchev–Trinajstić information content (AvgIpc) is 2.77. The maximum absolute atomic E-state index is 12.6. The number of benzene rings is 1. The van der Waals surface area contributed by atoms with Crippen LogP contribution >= 0.6 is 0 Å². The minimum atomic E-state index is -0.383. The first-order valence-corrected chi connectivity index (χ1v) is 7.67. The number of nitrogens with zero attached hydrogens (tertiary/aromatic N) is 2. The Bertz CT molecular complexity index is 538. The summed E-state index contributed by atoms with van der Waals surface area (Å²) < 4.78 is 0. The highest BCUT2D eigenvalue weighted by molar-refractivity contribution is 6.40. The van der Waals surface area contributed by atoms with Gasteiger partial charge in [0.1, 0.15) is 0 Å². The van der Waals surface area contributed by atoms with Crippen LogP contribution in [0.15, 0.2) is 24.3 Å². The third-order valence-electron chi connectivity index (χ3n) is 4.19. The van der Waals surface area contributed by atoms with E-state index in [4.69, 9.17) is 0 Å². The molecule has 0 aliphatic carbocycles. The molecule has 3 rings (SSSR count). The smallest absolute Gasteiger partial charge is 0.316 e. The molecule has 5 heteroatoms. The molecule has 0 radical (unpaired) electrons. The molecule has 5 nitrogen and oxygen atoms in total. The van der Waals surface area contributed by atoms with E-state index >= 15 is 0 Å². The lowest BCUT2D eigenvalue weighted by Crippen LogP contribution is -2.52. The minimum absolute atomic E-state index is 0.367. The minimum Gasteiger partial charge on any atom is -0.332 e. The Balaban J connectivity index is 1.81. The lowest BCUT2D eigenvalue weighted by Gasteiger charge is -2.30. The van der Waals surface area contributed by atoms with Gasteiger partial charge in [-0.05, 0) is 30.9 Å². The van der Waals surface area contributed by atoms with Gasteiger partial charge < -0.3 is 15.1 Å². The fourth-order valence-electron chi connectivity index (χ4n) is 3.02. The molecule has 112 valence electrons. The topological polar surface area (TPSA) is 52.7 Å². The Morgan fingerprint density at radius 1 is 0.952 bits per heavy atom. The first-order chi connectivity index (χ1) is 10.3. The lowest BCUT2D eigenvalue weighted by molar-refractivity contribution is -0.144. The Labute approximate surface area is 124 Å². The molecule has 0 unspecified atom stereocenters. The van der Waals surface area contributed by atoms with Crippen molar-refractivity contribution in [2.75, 3.05) is 37.6 Å². The third kappa shape index (κ3) is 2.93. The largest absolute Gasteiger partial charge is 0.332 e. The zero-order chi connectivity index (χ0) is 14.7. The number of amides is 2. The van der Waals surface area contributed by atoms with Gasteiger partial charge in [-0.15, -0.1) is 0 Å². The van der Waals surface area contributed by atoms with Gasteiger partial charge in [0.15, 0.2) is 0 Å². The van der Waals surface area contributed by atoms with Crippen molar-refractivity contribution < 1.29 is 9.59 Å². The van der Waals surface area contributed by atoms with E-state index in [0.29, 0.717) is 19.6 Å². The van der Waals surface area contributed by atoms with Crippen LogP contribution in [0.3, 0.4) is 0 Å². The summed E-state index contributed by atoms with van der Waals surface area (Å²) in [6, 6.07) is 7.92. The molecule has 0 aromatic heterocycles. The van der Waals surface area contributed by atoms with Crippen LogP contribution in [-0.2, 0) is 16.0 Å². The zero-order valence-corrected chi connectivity index (χ0v) is 12.2. The Morgan fingerprint density at radius 3 is 2.52 bits per heavy atom. The molecule has 0 bridgehead atoms. The van der Waals surface area contributed by atoms with E-state index in [1.165, 1.54) is 0 Å². The SMILES string of the molecule is O=C(C(=O)N1CCCCc2ccccc21)N1CCNCC1. The van der Waals surface area contributed by atoms with Crippen LogP contribution in [0.2, 0.25) is 0 Å². The van der Waals surface area contributed by atoms with E-state index in [9.17, 15) is 9.59 Å². The van der Waals surface area contributed by atoms with Gasteiger partial charge in [0.2, 0.25) is 0 Å². The van der Waals surface area contributed by atoms with Gasteiger partial charge in [-0.1, -0.05) is 18.2 Å². The summed E-state index contributed by atoms with van der Waals surface area (Å²) in [6.45, 7) is 3.37. The standard InChI is InChI=1S/C16H21N3O2/c20-15(18-11-8-17-9-12-18)16(21)19-10-4-3-6-13-5-1-2-7-14(13)19/h1-2,5,7,17H,3-4,6,8-12H2. The Morgan fingerprint density at radius 2 is 1.71 bits per heavy atom. The number of piperazine rings is 1. The number of hydrogen-bond donors (Lipinski definition) is 1. The van der Waals surface area contributed by atoms with E-state index in [-0.39, 0.29) is 11.8 Å². The number of aryl methyl sites for hydroxylation is 1. The fourth-order valence-corrected chi connectivity index (χ4v) is 3.02. The van der Waals surface area contributed by atoms with Crippen LogP contribution in [0, 0.1) is 0 Å². The first-order valence-electron chi connectivity index (χ1n) is 7.67. The summed E-state index contributed by atoms with van der Waals surface area (Å²) in [4.78, 5) is 28.4. The predicted molar refractivity (Wildman–Crippen MR) is 81.2 cm³/mol. The van der Waals surface area contributed by atoms with Gasteiger partial charge in [-0.3, -0.25) is 9.59 Å². The van der Waals surface area contributed by atoms with Crippen molar-refractivity contribution in [1.29, 1.82) is 0 Å². The summed E-state index contributed by atoms with van der Waals surface area (Å²) >= 11 is 0. The van der Waals surface area contributed by atoms with Gasteiger partial charge in [0.05, 0.1) is 0 Å². The Hall–Kier alpha value is -1.88. The van der Waals surface area contributed by atoms with E-state index < -0.39 is 0 Å². The zero-order valence-electron chi connectivity index (χ0n) is 12.2. The quantitative estimate of drug-likeness (QED) is 0.718. The molecular formula is C16H21N3O2. The van der Waals surface area contributed by atoms with E-state index in [2.05, 4.69) is 11.4 Å². The van der Waals surface area contributed by atoms with Crippen LogP contribution in [0.5, 0.6) is 0 Å². The molecule has 1 aromatic rings. The lowest BCUT2D eigenvalue weighted by atomic mass is 10.1. The number of hydrogen-bond acceptors (Lipinski definition) is 3. The van der Waals surface area contributed by atoms with Crippen molar-refractivity contribution in [3.8, 4) is 0 Å². The van der Waals surface area contributed by atoms with Gasteiger partial charge >= 0.3 is 11.8 Å². The monoisotopic (exact) mass is 287 g/mol. The van der Waals surface area contributed by atoms with E-state index in [0.717, 1.165) is 43.6 Å². The number of carbonyl (C=O) groups is 2. The summed E-state index contributed by atoms with van der Waals surface area (Å²) in [6.07, 6.45) is 2.97. The number of nitrogens with one attached hydrogen (secondary N) is 1. The number of fused-ring (bicyclic) bond motifs is 1. The molecule has 1 fully saturated rings. The van der Waals surface area contributed by atoms with E-state index in [1.54, 1.807) is 9.80 Å². The molecule has 2 amide bonds. The second-order valence-electron chi connectivity index (χ2n) is 5.58. The number of carbonyl (C=O) groups excluding carboxylic acids is 2. The van der Waals surface area contributed by atoms with Crippen LogP contribution in [-0.4, -0.2) is 49.4 Å². The molecule has 2 aliphatic heterocycles. The van der Waals surface area contributed by atoms with Gasteiger partial charge in [-0.25, -0.2) is 0 Å². The maximum Gasteiger partial charge on any atom is 0.316 e. The summed E-state index contributed by atoms with van der Waals surface area (Å²) in [5, 5.41) is 3.19. The number of rotatable bonds is 0. The molecule has 0 spiro atoms. The second-order valence-corrected chi connectivity index (χ2v) is 5.58. The van der Waals surface area contributed by atoms with Crippen LogP contribution < -0.4 is 10.2 Å². The normalized spacial score (nSPS) is 18.9. The van der Waals surface area contributed by atoms with Crippen molar-refractivity contribution in [2.24, 2.45) is 0 Å². The third-order valence-corrected chi connectivity index (χ3v) is 4.19. The molecule has 2 aliphatic rings. The highest BCUT2D eigenvalue weighted by atomic mass is 16.2. The summed E-state index contributed by atoms with van der Waals surface area (Å²) in [5.74, 6) is -0.751. The van der Waals surface area contributed by atoms with Gasteiger partial charge in [0, 0.05) is 38.4 Å². The molecule has 1 N–H and O–H groups in total. The molecule has 1 aromatic carbocycles. The molecule has 2 heterocycles. The first kappa shape index (κ1) is 14.1. The fraction of sp³-hybridized carbons (Fsp3) is 0.500. The maximum atomic E-state index is 12.6. The van der Waals surface area contributed by atoms with E-state index in [1.807, 2.05) is 18.2 Å². The Kier molecular flexibility index (Phi) is 4.20. The second kappa shape index (κ2) is 6.26. The molecule has 0 saturated carbocycles. The van der Waals surface area contributed by atoms with Crippen molar-refractivity contribution in [2.45, 2.75) is 19.3 Å². The molecule has 0 atom stereocenters. The van der Waals surface area contributed by atoms with Gasteiger partial charge in [-0.2, -0.15) is 0 Å². The van der Waals surface area contributed by atoms with Crippen molar-refractivity contribution >= 4 is 17.5 Å².